The molecule has 0 saturated heterocycles. The Morgan fingerprint density at radius 3 is 1.57 bits per heavy atom. The molecule has 0 spiro atoms. The van der Waals surface area contributed by atoms with Gasteiger partial charge in [-0.2, -0.15) is 26.3 Å². The molecule has 126 valence electrons. The Morgan fingerprint density at radius 2 is 1.33 bits per heavy atom. The molecule has 8 heteroatoms. The summed E-state index contributed by atoms with van der Waals surface area (Å²) in [5, 5.41) is 0. The summed E-state index contributed by atoms with van der Waals surface area (Å²) >= 11 is 0. The second-order valence-electron chi connectivity index (χ2n) is 6.52. The van der Waals surface area contributed by atoms with Crippen molar-refractivity contribution >= 4 is 5.97 Å². The van der Waals surface area contributed by atoms with Crippen molar-refractivity contribution in [2.45, 2.75) is 65.9 Å². The Bertz CT molecular complexity index is 352. The Hall–Kier alpha value is -0.950. The van der Waals surface area contributed by atoms with Crippen LogP contribution in [0.4, 0.5) is 26.3 Å². The zero-order valence-corrected chi connectivity index (χ0v) is 12.6. The fourth-order valence-corrected chi connectivity index (χ4v) is 2.08. The predicted octanol–water partition coefficient (Wildman–Crippen LogP) is 4.88. The average Bonchev–Trinajstić information content (AvgIpc) is 2.19. The SMILES string of the molecule is CCC(C)(CC(C)(C)C)C(=O)OC(C(F)(F)F)C(F)(F)F. The minimum atomic E-state index is -5.69. The second-order valence-corrected chi connectivity index (χ2v) is 6.52. The van der Waals surface area contributed by atoms with Crippen LogP contribution in [-0.4, -0.2) is 24.4 Å². The molecule has 2 nitrogen and oxygen atoms in total. The number of halogens is 6. The third kappa shape index (κ3) is 6.13. The molecule has 0 aromatic carbocycles. The van der Waals surface area contributed by atoms with Gasteiger partial charge in [-0.25, -0.2) is 0 Å². The fourth-order valence-electron chi connectivity index (χ4n) is 2.08. The first kappa shape index (κ1) is 20.1. The van der Waals surface area contributed by atoms with Gasteiger partial charge in [0, 0.05) is 0 Å². The first-order chi connectivity index (χ1) is 9.03. The highest BCUT2D eigenvalue weighted by atomic mass is 19.4. The minimum Gasteiger partial charge on any atom is -0.442 e. The monoisotopic (exact) mass is 322 g/mol. The summed E-state index contributed by atoms with van der Waals surface area (Å²) in [6.45, 7) is 8.03. The molecular weight excluding hydrogens is 302 g/mol. The number of hydrogen-bond donors (Lipinski definition) is 0. The molecule has 0 N–H and O–H groups in total. The lowest BCUT2D eigenvalue weighted by atomic mass is 9.73. The van der Waals surface area contributed by atoms with E-state index in [1.807, 2.05) is 0 Å². The molecule has 0 fully saturated rings. The maximum absolute atomic E-state index is 12.4. The molecule has 0 aliphatic heterocycles. The van der Waals surface area contributed by atoms with Crippen LogP contribution in [0.25, 0.3) is 0 Å². The Kier molecular flexibility index (Phi) is 5.77. The second kappa shape index (κ2) is 6.04. The summed E-state index contributed by atoms with van der Waals surface area (Å²) in [5.74, 6) is -1.49. The summed E-state index contributed by atoms with van der Waals surface area (Å²) in [6.07, 6.45) is -15.3. The maximum atomic E-state index is 12.4. The minimum absolute atomic E-state index is 0.0749. The van der Waals surface area contributed by atoms with E-state index in [-0.39, 0.29) is 12.8 Å². The van der Waals surface area contributed by atoms with Crippen LogP contribution in [0.3, 0.4) is 0 Å². The first-order valence-corrected chi connectivity index (χ1v) is 6.37. The van der Waals surface area contributed by atoms with E-state index in [0.29, 0.717) is 0 Å². The Labute approximate surface area is 119 Å². The van der Waals surface area contributed by atoms with Crippen molar-refractivity contribution in [1.82, 2.24) is 0 Å². The van der Waals surface area contributed by atoms with Crippen LogP contribution in [0, 0.1) is 10.8 Å². The van der Waals surface area contributed by atoms with Crippen molar-refractivity contribution in [3.63, 3.8) is 0 Å². The molecule has 0 radical (unpaired) electrons. The van der Waals surface area contributed by atoms with E-state index in [1.54, 1.807) is 20.8 Å². The normalized spacial score (nSPS) is 16.8. The average molecular weight is 322 g/mol. The van der Waals surface area contributed by atoms with Gasteiger partial charge in [0.05, 0.1) is 5.41 Å². The number of carbonyl (C=O) groups excluding carboxylic acids is 1. The van der Waals surface area contributed by atoms with E-state index in [1.165, 1.54) is 13.8 Å². The number of alkyl halides is 6. The number of carbonyl (C=O) groups is 1. The van der Waals surface area contributed by atoms with Gasteiger partial charge in [-0.05, 0) is 25.2 Å². The van der Waals surface area contributed by atoms with Gasteiger partial charge in [0.2, 0.25) is 0 Å². The smallest absolute Gasteiger partial charge is 0.434 e. The number of esters is 1. The molecule has 0 aliphatic carbocycles. The zero-order chi connectivity index (χ0) is 17.3. The van der Waals surface area contributed by atoms with Gasteiger partial charge in [-0.1, -0.05) is 27.7 Å². The van der Waals surface area contributed by atoms with Crippen molar-refractivity contribution < 1.29 is 35.9 Å². The largest absolute Gasteiger partial charge is 0.442 e. The van der Waals surface area contributed by atoms with Crippen LogP contribution >= 0.6 is 0 Å². The van der Waals surface area contributed by atoms with Crippen LogP contribution in [0.2, 0.25) is 0 Å². The van der Waals surface area contributed by atoms with E-state index >= 15 is 0 Å². The first-order valence-electron chi connectivity index (χ1n) is 6.37. The predicted molar refractivity (Wildman–Crippen MR) is 64.5 cm³/mol. The lowest BCUT2D eigenvalue weighted by molar-refractivity contribution is -0.315. The summed E-state index contributed by atoms with van der Waals surface area (Å²) in [6, 6.07) is 0. The van der Waals surface area contributed by atoms with Crippen molar-refractivity contribution in [3.05, 3.63) is 0 Å². The van der Waals surface area contributed by atoms with Gasteiger partial charge in [-0.15, -0.1) is 0 Å². The van der Waals surface area contributed by atoms with E-state index in [4.69, 9.17) is 0 Å². The Morgan fingerprint density at radius 1 is 0.952 bits per heavy atom. The number of ether oxygens (including phenoxy) is 1. The van der Waals surface area contributed by atoms with Gasteiger partial charge in [0.25, 0.3) is 6.10 Å². The molecule has 0 aromatic rings. The van der Waals surface area contributed by atoms with Crippen LogP contribution in [0.1, 0.15) is 47.5 Å². The van der Waals surface area contributed by atoms with E-state index < -0.39 is 35.3 Å². The number of rotatable bonds is 4. The van der Waals surface area contributed by atoms with Crippen LogP contribution in [0.5, 0.6) is 0 Å². The molecule has 0 bridgehead atoms. The van der Waals surface area contributed by atoms with Gasteiger partial charge >= 0.3 is 18.3 Å². The van der Waals surface area contributed by atoms with Gasteiger partial charge in [0.15, 0.2) is 0 Å². The van der Waals surface area contributed by atoms with Gasteiger partial charge in [-0.3, -0.25) is 4.79 Å². The molecule has 0 aromatic heterocycles. The number of hydrogen-bond acceptors (Lipinski definition) is 2. The quantitative estimate of drug-likeness (QED) is 0.545. The van der Waals surface area contributed by atoms with Crippen LogP contribution < -0.4 is 0 Å². The summed E-state index contributed by atoms with van der Waals surface area (Å²) < 4.78 is 78.2. The highest BCUT2D eigenvalue weighted by Gasteiger charge is 2.60. The molecule has 21 heavy (non-hydrogen) atoms. The van der Waals surface area contributed by atoms with Gasteiger partial charge < -0.3 is 4.74 Å². The summed E-state index contributed by atoms with van der Waals surface area (Å²) in [4.78, 5) is 11.9. The van der Waals surface area contributed by atoms with Crippen molar-refractivity contribution in [2.24, 2.45) is 10.8 Å². The highest BCUT2D eigenvalue weighted by Crippen LogP contribution is 2.41. The lowest BCUT2D eigenvalue weighted by Gasteiger charge is -2.34. The zero-order valence-electron chi connectivity index (χ0n) is 12.6. The van der Waals surface area contributed by atoms with E-state index in [0.717, 1.165) is 0 Å². The van der Waals surface area contributed by atoms with E-state index in [2.05, 4.69) is 4.74 Å². The van der Waals surface area contributed by atoms with Crippen molar-refractivity contribution in [3.8, 4) is 0 Å². The van der Waals surface area contributed by atoms with E-state index in [9.17, 15) is 31.1 Å². The summed E-state index contributed by atoms with van der Waals surface area (Å²) in [5.41, 5.74) is -1.86. The molecule has 1 atom stereocenters. The molecular formula is C13H20F6O2. The van der Waals surface area contributed by atoms with Crippen molar-refractivity contribution in [1.29, 1.82) is 0 Å². The molecule has 0 heterocycles. The highest BCUT2D eigenvalue weighted by molar-refractivity contribution is 5.76. The molecule has 0 amide bonds. The fraction of sp³-hybridized carbons (Fsp3) is 0.923. The molecule has 1 unspecified atom stereocenters. The topological polar surface area (TPSA) is 26.3 Å². The standard InChI is InChI=1S/C13H20F6O2/c1-6-11(5,7-10(2,3)4)9(20)21-8(12(14,15)16)13(17,18)19/h8H,6-7H2,1-5H3. The van der Waals surface area contributed by atoms with Gasteiger partial charge in [0.1, 0.15) is 0 Å². The molecule has 0 saturated carbocycles. The molecule has 0 rings (SSSR count). The molecule has 0 aliphatic rings. The van der Waals surface area contributed by atoms with Crippen molar-refractivity contribution in [2.75, 3.05) is 0 Å². The van der Waals surface area contributed by atoms with Crippen LogP contribution in [0.15, 0.2) is 0 Å². The Balaban J connectivity index is 5.31. The van der Waals surface area contributed by atoms with Crippen LogP contribution in [-0.2, 0) is 9.53 Å². The maximum Gasteiger partial charge on any atom is 0.434 e. The lowest BCUT2D eigenvalue weighted by Crippen LogP contribution is -2.48. The third-order valence-electron chi connectivity index (χ3n) is 3.01. The summed E-state index contributed by atoms with van der Waals surface area (Å²) in [7, 11) is 0. The third-order valence-corrected chi connectivity index (χ3v) is 3.01.